The van der Waals surface area contributed by atoms with Gasteiger partial charge in [-0.05, 0) is 49.6 Å². The van der Waals surface area contributed by atoms with Gasteiger partial charge in [-0.25, -0.2) is 4.79 Å². The molecule has 3 rings (SSSR count). The van der Waals surface area contributed by atoms with Crippen LogP contribution in [0.3, 0.4) is 0 Å². The first-order valence-electron chi connectivity index (χ1n) is 11.2. The number of nitrogens with one attached hydrogen (secondary N) is 2. The largest absolute Gasteiger partial charge is 0.497 e. The predicted octanol–water partition coefficient (Wildman–Crippen LogP) is 3.00. The summed E-state index contributed by atoms with van der Waals surface area (Å²) in [5, 5.41) is 5.70. The Balaban J connectivity index is 1.44. The van der Waals surface area contributed by atoms with Crippen molar-refractivity contribution in [1.82, 2.24) is 15.5 Å². The predicted molar refractivity (Wildman–Crippen MR) is 126 cm³/mol. The van der Waals surface area contributed by atoms with E-state index in [4.69, 9.17) is 14.2 Å². The molecule has 2 aromatic carbocycles. The average molecular weight is 456 g/mol. The van der Waals surface area contributed by atoms with E-state index in [1.54, 1.807) is 26.4 Å². The second-order valence-corrected chi connectivity index (χ2v) is 8.20. The molecule has 1 heterocycles. The van der Waals surface area contributed by atoms with Crippen LogP contribution in [-0.2, 0) is 17.7 Å². The lowest BCUT2D eigenvalue weighted by molar-refractivity contribution is -0.0586. The molecule has 8 nitrogen and oxygen atoms in total. The van der Waals surface area contributed by atoms with Crippen molar-refractivity contribution >= 4 is 11.9 Å². The summed E-state index contributed by atoms with van der Waals surface area (Å²) in [5.41, 5.74) is 2.54. The molecule has 2 aromatic rings. The van der Waals surface area contributed by atoms with Gasteiger partial charge in [0.15, 0.2) is 0 Å². The number of ether oxygens (including phenoxy) is 3. The van der Waals surface area contributed by atoms with E-state index in [1.165, 1.54) is 0 Å². The van der Waals surface area contributed by atoms with Crippen LogP contribution in [0.15, 0.2) is 42.5 Å². The van der Waals surface area contributed by atoms with Crippen LogP contribution in [0.1, 0.15) is 35.3 Å². The van der Waals surface area contributed by atoms with Gasteiger partial charge in [0, 0.05) is 37.8 Å². The number of carbonyl (C=O) groups is 2. The smallest absolute Gasteiger partial charge is 0.315 e. The first-order valence-corrected chi connectivity index (χ1v) is 11.2. The molecule has 0 bridgehead atoms. The summed E-state index contributed by atoms with van der Waals surface area (Å²) in [6.07, 6.45) is 0.701. The molecule has 0 saturated carbocycles. The SMILES string of the molecule is COc1ccc(CCNC(=O)NCc2ccc(C(=O)N3CC(C)OC(C)C3)cc2)c(OC)c1. The van der Waals surface area contributed by atoms with Gasteiger partial charge in [0.2, 0.25) is 0 Å². The second kappa shape index (κ2) is 11.6. The molecule has 0 radical (unpaired) electrons. The van der Waals surface area contributed by atoms with E-state index in [-0.39, 0.29) is 24.1 Å². The van der Waals surface area contributed by atoms with Gasteiger partial charge in [0.1, 0.15) is 11.5 Å². The molecule has 2 unspecified atom stereocenters. The van der Waals surface area contributed by atoms with E-state index in [9.17, 15) is 9.59 Å². The van der Waals surface area contributed by atoms with Crippen LogP contribution >= 0.6 is 0 Å². The van der Waals surface area contributed by atoms with Crippen molar-refractivity contribution in [3.05, 3.63) is 59.2 Å². The van der Waals surface area contributed by atoms with Crippen LogP contribution in [0.2, 0.25) is 0 Å². The molecule has 2 N–H and O–H groups in total. The summed E-state index contributed by atoms with van der Waals surface area (Å²) in [5.74, 6) is 1.46. The van der Waals surface area contributed by atoms with Crippen molar-refractivity contribution in [2.75, 3.05) is 33.9 Å². The van der Waals surface area contributed by atoms with Crippen LogP contribution < -0.4 is 20.1 Å². The van der Waals surface area contributed by atoms with Crippen LogP contribution in [0.4, 0.5) is 4.79 Å². The first kappa shape index (κ1) is 24.4. The molecule has 0 aliphatic carbocycles. The van der Waals surface area contributed by atoms with E-state index in [1.807, 2.05) is 49.1 Å². The summed E-state index contributed by atoms with van der Waals surface area (Å²) in [6.45, 7) is 5.98. The number of rotatable bonds is 8. The quantitative estimate of drug-likeness (QED) is 0.639. The molecule has 1 aliphatic rings. The second-order valence-electron chi connectivity index (χ2n) is 8.20. The van der Waals surface area contributed by atoms with Crippen LogP contribution in [0, 0.1) is 0 Å². The van der Waals surface area contributed by atoms with Crippen molar-refractivity contribution in [3.8, 4) is 11.5 Å². The van der Waals surface area contributed by atoms with Crippen LogP contribution in [0.5, 0.6) is 11.5 Å². The van der Waals surface area contributed by atoms with E-state index < -0.39 is 0 Å². The van der Waals surface area contributed by atoms with E-state index in [2.05, 4.69) is 10.6 Å². The molecule has 1 aliphatic heterocycles. The number of methoxy groups -OCH3 is 2. The highest BCUT2D eigenvalue weighted by molar-refractivity contribution is 5.94. The molecule has 2 atom stereocenters. The minimum absolute atomic E-state index is 0.00297. The third-order valence-corrected chi connectivity index (χ3v) is 5.53. The maximum absolute atomic E-state index is 12.8. The van der Waals surface area contributed by atoms with Gasteiger partial charge in [-0.1, -0.05) is 18.2 Å². The summed E-state index contributed by atoms with van der Waals surface area (Å²) < 4.78 is 16.3. The maximum Gasteiger partial charge on any atom is 0.315 e. The number of nitrogens with zero attached hydrogens (tertiary/aromatic N) is 1. The number of benzene rings is 2. The Hall–Kier alpha value is -3.26. The number of urea groups is 1. The van der Waals surface area contributed by atoms with Gasteiger partial charge in [-0.2, -0.15) is 0 Å². The fourth-order valence-electron chi connectivity index (χ4n) is 3.91. The van der Waals surface area contributed by atoms with E-state index >= 15 is 0 Å². The van der Waals surface area contributed by atoms with E-state index in [0.29, 0.717) is 38.2 Å². The molecular formula is C25H33N3O5. The third kappa shape index (κ3) is 6.86. The van der Waals surface area contributed by atoms with Crippen molar-refractivity contribution in [2.45, 2.75) is 39.0 Å². The molecule has 0 spiro atoms. The first-order chi connectivity index (χ1) is 15.9. The number of carbonyl (C=O) groups excluding carboxylic acids is 2. The molecular weight excluding hydrogens is 422 g/mol. The topological polar surface area (TPSA) is 89.1 Å². The zero-order valence-corrected chi connectivity index (χ0v) is 19.7. The van der Waals surface area contributed by atoms with Gasteiger partial charge in [0.05, 0.1) is 26.4 Å². The van der Waals surface area contributed by atoms with Gasteiger partial charge in [-0.3, -0.25) is 4.79 Å². The fraction of sp³-hybridized carbons (Fsp3) is 0.440. The summed E-state index contributed by atoms with van der Waals surface area (Å²) in [6, 6.07) is 12.7. The Bertz CT molecular complexity index is 938. The molecule has 1 saturated heterocycles. The highest BCUT2D eigenvalue weighted by Crippen LogP contribution is 2.24. The zero-order valence-electron chi connectivity index (χ0n) is 19.7. The molecule has 8 heteroatoms. The number of hydrogen-bond donors (Lipinski definition) is 2. The molecule has 1 fully saturated rings. The lowest BCUT2D eigenvalue weighted by Crippen LogP contribution is -2.48. The Kier molecular flexibility index (Phi) is 8.54. The fourth-order valence-corrected chi connectivity index (χ4v) is 3.91. The average Bonchev–Trinajstić information content (AvgIpc) is 2.82. The van der Waals surface area contributed by atoms with Crippen molar-refractivity contribution < 1.29 is 23.8 Å². The van der Waals surface area contributed by atoms with Crippen molar-refractivity contribution in [3.63, 3.8) is 0 Å². The summed E-state index contributed by atoms with van der Waals surface area (Å²) >= 11 is 0. The summed E-state index contributed by atoms with van der Waals surface area (Å²) in [4.78, 5) is 26.7. The molecule has 33 heavy (non-hydrogen) atoms. The van der Waals surface area contributed by atoms with Crippen molar-refractivity contribution in [2.24, 2.45) is 0 Å². The zero-order chi connectivity index (χ0) is 23.8. The Morgan fingerprint density at radius 3 is 2.33 bits per heavy atom. The Morgan fingerprint density at radius 2 is 1.70 bits per heavy atom. The number of morpholine rings is 1. The van der Waals surface area contributed by atoms with Crippen LogP contribution in [0.25, 0.3) is 0 Å². The van der Waals surface area contributed by atoms with Gasteiger partial charge in [-0.15, -0.1) is 0 Å². The molecule has 178 valence electrons. The number of hydrogen-bond acceptors (Lipinski definition) is 5. The van der Waals surface area contributed by atoms with Gasteiger partial charge >= 0.3 is 6.03 Å². The Labute approximate surface area is 195 Å². The standard InChI is InChI=1S/C25H33N3O5/c1-17-15-28(16-18(2)33-17)24(29)21-7-5-19(6-8-21)14-27-25(30)26-12-11-20-9-10-22(31-3)13-23(20)32-4/h5-10,13,17-18H,11-12,14-16H2,1-4H3,(H2,26,27,30). The normalized spacial score (nSPS) is 17.9. The van der Waals surface area contributed by atoms with E-state index in [0.717, 1.165) is 22.6 Å². The third-order valence-electron chi connectivity index (χ3n) is 5.53. The van der Waals surface area contributed by atoms with Crippen molar-refractivity contribution in [1.29, 1.82) is 0 Å². The van der Waals surface area contributed by atoms with Gasteiger partial charge < -0.3 is 29.7 Å². The van der Waals surface area contributed by atoms with Crippen LogP contribution in [-0.4, -0.2) is 62.9 Å². The lowest BCUT2D eigenvalue weighted by Gasteiger charge is -2.35. The molecule has 0 aromatic heterocycles. The summed E-state index contributed by atoms with van der Waals surface area (Å²) in [7, 11) is 3.22. The maximum atomic E-state index is 12.8. The highest BCUT2D eigenvalue weighted by atomic mass is 16.5. The lowest BCUT2D eigenvalue weighted by atomic mass is 10.1. The monoisotopic (exact) mass is 455 g/mol. The highest BCUT2D eigenvalue weighted by Gasteiger charge is 2.26. The Morgan fingerprint density at radius 1 is 1.00 bits per heavy atom. The molecule has 3 amide bonds. The number of amides is 3. The minimum Gasteiger partial charge on any atom is -0.497 e. The van der Waals surface area contributed by atoms with Gasteiger partial charge in [0.25, 0.3) is 5.91 Å². The minimum atomic E-state index is -0.251.